The lowest BCUT2D eigenvalue weighted by Crippen LogP contribution is -2.03. The van der Waals surface area contributed by atoms with Crippen LogP contribution in [0.3, 0.4) is 0 Å². The van der Waals surface area contributed by atoms with Gasteiger partial charge in [-0.05, 0) is 12.1 Å². The van der Waals surface area contributed by atoms with E-state index in [2.05, 4.69) is 5.10 Å². The summed E-state index contributed by atoms with van der Waals surface area (Å²) in [4.78, 5) is 30.8. The lowest BCUT2D eigenvalue weighted by Gasteiger charge is -2.04. The average Bonchev–Trinajstić information content (AvgIpc) is 2.96. The maximum Gasteiger partial charge on any atom is 0.301 e. The van der Waals surface area contributed by atoms with Crippen LogP contribution in [0.2, 0.25) is 0 Å². The highest BCUT2D eigenvalue weighted by atomic mass is 16.6. The summed E-state index contributed by atoms with van der Waals surface area (Å²) in [5.41, 5.74) is -0.912. The second-order valence-electron chi connectivity index (χ2n) is 4.74. The molecule has 120 valence electrons. The van der Waals surface area contributed by atoms with Crippen molar-refractivity contribution in [2.24, 2.45) is 0 Å². The molecule has 2 aromatic carbocycles. The second kappa shape index (κ2) is 5.39. The van der Waals surface area contributed by atoms with Crippen molar-refractivity contribution in [3.63, 3.8) is 0 Å². The second-order valence-corrected chi connectivity index (χ2v) is 4.74. The molecule has 0 fully saturated rings. The fourth-order valence-corrected chi connectivity index (χ4v) is 2.26. The van der Waals surface area contributed by atoms with Crippen LogP contribution in [0.1, 0.15) is 0 Å². The minimum atomic E-state index is -0.771. The fourth-order valence-electron chi connectivity index (χ4n) is 2.26. The van der Waals surface area contributed by atoms with Gasteiger partial charge in [-0.25, -0.2) is 4.68 Å². The molecule has 0 bridgehead atoms. The molecule has 0 radical (unpaired) electrons. The van der Waals surface area contributed by atoms with E-state index in [1.54, 1.807) is 0 Å². The van der Waals surface area contributed by atoms with Crippen LogP contribution in [0.15, 0.2) is 42.6 Å². The summed E-state index contributed by atoms with van der Waals surface area (Å²) in [6, 6.07) is 7.09. The average molecular weight is 329 g/mol. The monoisotopic (exact) mass is 329 g/mol. The number of nitrogens with zero attached hydrogens (tertiary/aromatic N) is 5. The van der Waals surface area contributed by atoms with Crippen LogP contribution in [0, 0.1) is 30.3 Å². The van der Waals surface area contributed by atoms with Crippen molar-refractivity contribution in [2.75, 3.05) is 0 Å². The largest absolute Gasteiger partial charge is 0.301 e. The van der Waals surface area contributed by atoms with Crippen molar-refractivity contribution < 1.29 is 14.8 Å². The SMILES string of the molecule is O=[N+]([O-])c1ccc(-n2ncc3ccc([N+](=O)[O-])cc32)c([N+](=O)[O-])c1. The van der Waals surface area contributed by atoms with Crippen LogP contribution in [-0.2, 0) is 0 Å². The van der Waals surface area contributed by atoms with Gasteiger partial charge in [0.2, 0.25) is 0 Å². The van der Waals surface area contributed by atoms with E-state index in [1.165, 1.54) is 30.5 Å². The first-order chi connectivity index (χ1) is 11.4. The first kappa shape index (κ1) is 15.0. The van der Waals surface area contributed by atoms with Crippen molar-refractivity contribution in [2.45, 2.75) is 0 Å². The van der Waals surface area contributed by atoms with Crippen molar-refractivity contribution in [3.8, 4) is 5.69 Å². The number of non-ortho nitro benzene ring substituents is 2. The summed E-state index contributed by atoms with van der Waals surface area (Å²) in [6.45, 7) is 0. The Labute approximate surface area is 132 Å². The minimum absolute atomic E-state index is 0.0268. The number of nitro groups is 3. The number of fused-ring (bicyclic) bond motifs is 1. The molecule has 0 aliphatic heterocycles. The molecule has 3 aromatic rings. The Morgan fingerprint density at radius 3 is 2.08 bits per heavy atom. The smallest absolute Gasteiger partial charge is 0.258 e. The van der Waals surface area contributed by atoms with Crippen molar-refractivity contribution >= 4 is 28.0 Å². The van der Waals surface area contributed by atoms with Crippen LogP contribution < -0.4 is 0 Å². The van der Waals surface area contributed by atoms with Crippen LogP contribution in [0.5, 0.6) is 0 Å². The number of hydrogen-bond acceptors (Lipinski definition) is 7. The lowest BCUT2D eigenvalue weighted by molar-refractivity contribution is -0.394. The molecule has 0 saturated carbocycles. The highest BCUT2D eigenvalue weighted by molar-refractivity contribution is 5.83. The van der Waals surface area contributed by atoms with E-state index in [0.29, 0.717) is 5.39 Å². The van der Waals surface area contributed by atoms with E-state index in [-0.39, 0.29) is 16.9 Å². The third-order valence-corrected chi connectivity index (χ3v) is 3.36. The summed E-state index contributed by atoms with van der Waals surface area (Å²) in [5, 5.41) is 37.5. The molecule has 0 amide bonds. The number of rotatable bonds is 4. The zero-order chi connectivity index (χ0) is 17.4. The first-order valence-electron chi connectivity index (χ1n) is 6.44. The zero-order valence-electron chi connectivity index (χ0n) is 11.7. The van der Waals surface area contributed by atoms with Gasteiger partial charge < -0.3 is 0 Å². The van der Waals surface area contributed by atoms with Crippen LogP contribution in [0.4, 0.5) is 17.1 Å². The van der Waals surface area contributed by atoms with E-state index in [4.69, 9.17) is 0 Å². The van der Waals surface area contributed by atoms with Gasteiger partial charge in [-0.2, -0.15) is 5.10 Å². The number of aromatic nitrogens is 2. The molecule has 3 rings (SSSR count). The van der Waals surface area contributed by atoms with Crippen molar-refractivity contribution in [3.05, 3.63) is 72.9 Å². The predicted molar refractivity (Wildman–Crippen MR) is 81.0 cm³/mol. The number of nitro benzene ring substituents is 3. The van der Waals surface area contributed by atoms with Gasteiger partial charge in [0.25, 0.3) is 11.4 Å². The maximum atomic E-state index is 11.2. The topological polar surface area (TPSA) is 147 Å². The highest BCUT2D eigenvalue weighted by Crippen LogP contribution is 2.30. The standard InChI is InChI=1S/C13H7N5O6/c19-16(20)9-2-1-8-7-14-15(12(8)5-9)11-4-3-10(17(21)22)6-13(11)18(23)24/h1-7H. The van der Waals surface area contributed by atoms with Gasteiger partial charge in [0.15, 0.2) is 0 Å². The van der Waals surface area contributed by atoms with Gasteiger partial charge in [0, 0.05) is 23.6 Å². The van der Waals surface area contributed by atoms with Crippen LogP contribution >= 0.6 is 0 Å². The highest BCUT2D eigenvalue weighted by Gasteiger charge is 2.23. The van der Waals surface area contributed by atoms with Gasteiger partial charge >= 0.3 is 5.69 Å². The molecule has 1 aromatic heterocycles. The maximum absolute atomic E-state index is 11.2. The molecule has 0 aliphatic carbocycles. The molecule has 0 N–H and O–H groups in total. The molecular formula is C13H7N5O6. The Hall–Kier alpha value is -3.89. The molecule has 11 nitrogen and oxygen atoms in total. The van der Waals surface area contributed by atoms with Gasteiger partial charge in [0.05, 0.1) is 32.5 Å². The van der Waals surface area contributed by atoms with E-state index in [0.717, 1.165) is 16.8 Å². The molecule has 0 unspecified atom stereocenters. The molecule has 0 spiro atoms. The van der Waals surface area contributed by atoms with Gasteiger partial charge in [0.1, 0.15) is 5.69 Å². The summed E-state index contributed by atoms with van der Waals surface area (Å²) < 4.78 is 1.14. The summed E-state index contributed by atoms with van der Waals surface area (Å²) >= 11 is 0. The Morgan fingerprint density at radius 1 is 0.833 bits per heavy atom. The van der Waals surface area contributed by atoms with Gasteiger partial charge in [-0.3, -0.25) is 30.3 Å². The van der Waals surface area contributed by atoms with E-state index < -0.39 is 26.1 Å². The lowest BCUT2D eigenvalue weighted by atomic mass is 10.2. The van der Waals surface area contributed by atoms with Crippen LogP contribution in [-0.4, -0.2) is 24.6 Å². The molecule has 0 saturated heterocycles. The summed E-state index contributed by atoms with van der Waals surface area (Å²) in [7, 11) is 0. The Morgan fingerprint density at radius 2 is 1.46 bits per heavy atom. The predicted octanol–water partition coefficient (Wildman–Crippen LogP) is 2.75. The zero-order valence-corrected chi connectivity index (χ0v) is 11.7. The van der Waals surface area contributed by atoms with Gasteiger partial charge in [-0.1, -0.05) is 0 Å². The Balaban J connectivity index is 2.27. The van der Waals surface area contributed by atoms with Crippen molar-refractivity contribution in [1.82, 2.24) is 9.78 Å². The Kier molecular flexibility index (Phi) is 3.37. The molecule has 1 heterocycles. The molecule has 24 heavy (non-hydrogen) atoms. The molecule has 0 atom stereocenters. The molecule has 11 heteroatoms. The normalized spacial score (nSPS) is 10.7. The third-order valence-electron chi connectivity index (χ3n) is 3.36. The Bertz CT molecular complexity index is 1010. The van der Waals surface area contributed by atoms with Gasteiger partial charge in [-0.15, -0.1) is 0 Å². The third kappa shape index (κ3) is 2.39. The van der Waals surface area contributed by atoms with Crippen molar-refractivity contribution in [1.29, 1.82) is 0 Å². The summed E-state index contributed by atoms with van der Waals surface area (Å²) in [6.07, 6.45) is 1.39. The molecule has 0 aliphatic rings. The van der Waals surface area contributed by atoms with E-state index in [9.17, 15) is 30.3 Å². The summed E-state index contributed by atoms with van der Waals surface area (Å²) in [5.74, 6) is 0. The van der Waals surface area contributed by atoms with Crippen LogP contribution in [0.25, 0.3) is 16.6 Å². The van der Waals surface area contributed by atoms with E-state index in [1.807, 2.05) is 0 Å². The quantitative estimate of drug-likeness (QED) is 0.527. The van der Waals surface area contributed by atoms with E-state index >= 15 is 0 Å². The first-order valence-corrected chi connectivity index (χ1v) is 6.44. The molecular weight excluding hydrogens is 322 g/mol. The number of benzene rings is 2. The fraction of sp³-hybridized carbons (Fsp3) is 0. The minimum Gasteiger partial charge on any atom is -0.258 e. The number of hydrogen-bond donors (Lipinski definition) is 0.